The molecule has 0 aliphatic carbocycles. The van der Waals surface area contributed by atoms with Gasteiger partial charge in [-0.1, -0.05) is 17.7 Å². The second-order valence-electron chi connectivity index (χ2n) is 4.84. The Morgan fingerprint density at radius 2 is 2.14 bits per heavy atom. The molecule has 0 aliphatic rings. The number of aromatic nitrogens is 2. The van der Waals surface area contributed by atoms with Crippen LogP contribution < -0.4 is 16.2 Å². The van der Waals surface area contributed by atoms with Crippen LogP contribution in [0.3, 0.4) is 0 Å². The van der Waals surface area contributed by atoms with Crippen LogP contribution in [0.1, 0.15) is 11.3 Å². The van der Waals surface area contributed by atoms with Gasteiger partial charge < -0.3 is 10.6 Å². The summed E-state index contributed by atoms with van der Waals surface area (Å²) in [4.78, 5) is 27.9. The number of anilines is 1. The number of carbonyl (C=O) groups excluding carboxylic acids is 1. The number of rotatable bonds is 4. The molecule has 0 saturated heterocycles. The van der Waals surface area contributed by atoms with Crippen LogP contribution in [-0.2, 0) is 6.54 Å². The van der Waals surface area contributed by atoms with Gasteiger partial charge >= 0.3 is 6.03 Å². The van der Waals surface area contributed by atoms with Gasteiger partial charge in [-0.2, -0.15) is 0 Å². The maximum Gasteiger partial charge on any atom is 0.319 e. The first-order valence-corrected chi connectivity index (χ1v) is 7.18. The van der Waals surface area contributed by atoms with E-state index in [0.717, 1.165) is 0 Å². The van der Waals surface area contributed by atoms with Gasteiger partial charge in [0.05, 0.1) is 6.33 Å². The van der Waals surface area contributed by atoms with Crippen LogP contribution in [0, 0.1) is 13.8 Å². The van der Waals surface area contributed by atoms with Crippen LogP contribution in [0.5, 0.6) is 0 Å². The molecule has 0 fully saturated rings. The molecule has 2 aromatic rings. The van der Waals surface area contributed by atoms with Gasteiger partial charge in [0.15, 0.2) is 0 Å². The Hall–Kier alpha value is -2.34. The largest absolute Gasteiger partial charge is 0.336 e. The van der Waals surface area contributed by atoms with Crippen molar-refractivity contribution in [2.45, 2.75) is 20.4 Å². The van der Waals surface area contributed by atoms with Crippen LogP contribution in [0.25, 0.3) is 0 Å². The monoisotopic (exact) mass is 320 g/mol. The lowest BCUT2D eigenvalue weighted by Gasteiger charge is -2.10. The third kappa shape index (κ3) is 4.08. The second kappa shape index (κ2) is 7.09. The second-order valence-corrected chi connectivity index (χ2v) is 5.28. The highest BCUT2D eigenvalue weighted by Gasteiger charge is 2.05. The normalized spacial score (nSPS) is 10.3. The minimum Gasteiger partial charge on any atom is -0.336 e. The smallest absolute Gasteiger partial charge is 0.319 e. The summed E-state index contributed by atoms with van der Waals surface area (Å²) in [5.41, 5.74) is 1.85. The van der Waals surface area contributed by atoms with Crippen molar-refractivity contribution in [1.82, 2.24) is 14.9 Å². The first-order chi connectivity index (χ1) is 10.5. The Kier molecular flexibility index (Phi) is 5.16. The van der Waals surface area contributed by atoms with Crippen molar-refractivity contribution in [2.75, 3.05) is 11.9 Å². The van der Waals surface area contributed by atoms with Crippen molar-refractivity contribution in [1.29, 1.82) is 0 Å². The lowest BCUT2D eigenvalue weighted by atomic mass is 10.3. The zero-order valence-electron chi connectivity index (χ0n) is 12.4. The molecular weight excluding hydrogens is 304 g/mol. The van der Waals surface area contributed by atoms with Crippen LogP contribution in [-0.4, -0.2) is 22.1 Å². The quantitative estimate of drug-likeness (QED) is 0.907. The number of nitrogens with zero attached hydrogens (tertiary/aromatic N) is 2. The molecule has 6 nitrogen and oxygen atoms in total. The molecule has 2 rings (SSSR count). The van der Waals surface area contributed by atoms with Crippen LogP contribution in [0.2, 0.25) is 5.02 Å². The summed E-state index contributed by atoms with van der Waals surface area (Å²) in [6.45, 7) is 4.20. The van der Waals surface area contributed by atoms with Crippen molar-refractivity contribution < 1.29 is 4.79 Å². The first-order valence-electron chi connectivity index (χ1n) is 6.80. The van der Waals surface area contributed by atoms with E-state index in [1.54, 1.807) is 38.1 Å². The van der Waals surface area contributed by atoms with Gasteiger partial charge in [0.25, 0.3) is 5.56 Å². The van der Waals surface area contributed by atoms with Gasteiger partial charge in [-0.3, -0.25) is 9.36 Å². The molecular formula is C15H17ClN4O2. The Labute approximate surface area is 133 Å². The SMILES string of the molecule is Cc1ncn(CCNC(=O)Nc2cccc(Cl)c2)c(=O)c1C. The average molecular weight is 321 g/mol. The van der Waals surface area contributed by atoms with Crippen LogP contribution in [0.15, 0.2) is 35.4 Å². The number of urea groups is 1. The molecule has 0 spiro atoms. The Morgan fingerprint density at radius 3 is 2.86 bits per heavy atom. The molecule has 0 bridgehead atoms. The zero-order valence-corrected chi connectivity index (χ0v) is 13.1. The van der Waals surface area contributed by atoms with Crippen molar-refractivity contribution in [3.8, 4) is 0 Å². The summed E-state index contributed by atoms with van der Waals surface area (Å²) in [6.07, 6.45) is 1.49. The Morgan fingerprint density at radius 1 is 1.36 bits per heavy atom. The molecule has 0 atom stereocenters. The summed E-state index contributed by atoms with van der Waals surface area (Å²) in [7, 11) is 0. The van der Waals surface area contributed by atoms with Crippen molar-refractivity contribution >= 4 is 23.3 Å². The fourth-order valence-corrected chi connectivity index (χ4v) is 2.06. The molecule has 0 radical (unpaired) electrons. The van der Waals surface area contributed by atoms with E-state index in [4.69, 9.17) is 11.6 Å². The summed E-state index contributed by atoms with van der Waals surface area (Å²) in [5.74, 6) is 0. The number of hydrogen-bond donors (Lipinski definition) is 2. The van der Waals surface area contributed by atoms with E-state index in [9.17, 15) is 9.59 Å². The molecule has 0 unspecified atom stereocenters. The van der Waals surface area contributed by atoms with Crippen LogP contribution in [0.4, 0.5) is 10.5 Å². The van der Waals surface area contributed by atoms with Gasteiger partial charge in [-0.05, 0) is 32.0 Å². The summed E-state index contributed by atoms with van der Waals surface area (Å²) in [6, 6.07) is 6.51. The van der Waals surface area contributed by atoms with E-state index >= 15 is 0 Å². The van der Waals surface area contributed by atoms with Crippen molar-refractivity contribution in [3.05, 3.63) is 57.2 Å². The number of hydrogen-bond acceptors (Lipinski definition) is 3. The highest BCUT2D eigenvalue weighted by Crippen LogP contribution is 2.14. The minimum absolute atomic E-state index is 0.0930. The van der Waals surface area contributed by atoms with E-state index < -0.39 is 0 Å². The topological polar surface area (TPSA) is 76.0 Å². The highest BCUT2D eigenvalue weighted by atomic mass is 35.5. The summed E-state index contributed by atoms with van der Waals surface area (Å²) in [5, 5.41) is 5.89. The number of halogens is 1. The number of benzene rings is 1. The molecule has 1 aromatic heterocycles. The summed E-state index contributed by atoms with van der Waals surface area (Å²) < 4.78 is 1.47. The molecule has 7 heteroatoms. The van der Waals surface area contributed by atoms with Crippen LogP contribution >= 0.6 is 11.6 Å². The molecule has 1 aromatic carbocycles. The molecule has 2 N–H and O–H groups in total. The highest BCUT2D eigenvalue weighted by molar-refractivity contribution is 6.30. The van der Waals surface area contributed by atoms with E-state index in [2.05, 4.69) is 15.6 Å². The number of aryl methyl sites for hydroxylation is 1. The molecule has 0 saturated carbocycles. The first kappa shape index (κ1) is 16.0. The minimum atomic E-state index is -0.355. The zero-order chi connectivity index (χ0) is 16.1. The lowest BCUT2D eigenvalue weighted by Crippen LogP contribution is -2.34. The molecule has 2 amide bonds. The van der Waals surface area contributed by atoms with E-state index in [1.165, 1.54) is 10.9 Å². The average Bonchev–Trinajstić information content (AvgIpc) is 2.47. The fraction of sp³-hybridized carbons (Fsp3) is 0.267. The number of amides is 2. The van der Waals surface area contributed by atoms with Crippen molar-refractivity contribution in [3.63, 3.8) is 0 Å². The lowest BCUT2D eigenvalue weighted by molar-refractivity contribution is 0.251. The molecule has 0 aliphatic heterocycles. The fourth-order valence-electron chi connectivity index (χ4n) is 1.87. The van der Waals surface area contributed by atoms with E-state index in [1.807, 2.05) is 0 Å². The Balaban J connectivity index is 1.87. The third-order valence-electron chi connectivity index (χ3n) is 3.24. The number of carbonyl (C=O) groups is 1. The molecule has 22 heavy (non-hydrogen) atoms. The van der Waals surface area contributed by atoms with E-state index in [-0.39, 0.29) is 11.6 Å². The third-order valence-corrected chi connectivity index (χ3v) is 3.47. The molecule has 1 heterocycles. The van der Waals surface area contributed by atoms with Gasteiger partial charge in [0.2, 0.25) is 0 Å². The van der Waals surface area contributed by atoms with E-state index in [0.29, 0.717) is 35.1 Å². The predicted molar refractivity (Wildman–Crippen MR) is 86.4 cm³/mol. The number of nitrogens with one attached hydrogen (secondary N) is 2. The van der Waals surface area contributed by atoms with Gasteiger partial charge in [0.1, 0.15) is 0 Å². The molecule has 116 valence electrons. The van der Waals surface area contributed by atoms with Gasteiger partial charge in [0, 0.05) is 35.1 Å². The van der Waals surface area contributed by atoms with Crippen molar-refractivity contribution in [2.24, 2.45) is 0 Å². The summed E-state index contributed by atoms with van der Waals surface area (Å²) >= 11 is 5.84. The predicted octanol–water partition coefficient (Wildman–Crippen LogP) is 2.34. The Bertz CT molecular complexity index is 743. The maximum atomic E-state index is 12.0. The van der Waals surface area contributed by atoms with Gasteiger partial charge in [-0.15, -0.1) is 0 Å². The standard InChI is InChI=1S/C15H17ClN4O2/c1-10-11(2)18-9-20(14(10)21)7-6-17-15(22)19-13-5-3-4-12(16)8-13/h3-5,8-9H,6-7H2,1-2H3,(H2,17,19,22). The maximum absolute atomic E-state index is 12.0. The van der Waals surface area contributed by atoms with Gasteiger partial charge in [-0.25, -0.2) is 9.78 Å².